The first-order valence-corrected chi connectivity index (χ1v) is 4.55. The summed E-state index contributed by atoms with van der Waals surface area (Å²) in [5, 5.41) is 20.7. The Morgan fingerprint density at radius 1 is 1.62 bits per heavy atom. The highest BCUT2D eigenvalue weighted by Gasteiger charge is 2.11. The van der Waals surface area contributed by atoms with Crippen LogP contribution in [0.25, 0.3) is 0 Å². The molecule has 1 aromatic rings. The van der Waals surface area contributed by atoms with Crippen LogP contribution in [0.4, 0.5) is 11.4 Å². The Balaban J connectivity index is 2.75. The van der Waals surface area contributed by atoms with Crippen molar-refractivity contribution < 1.29 is 9.90 Å². The molecular weight excluding hydrogens is 208 g/mol. The highest BCUT2D eigenvalue weighted by molar-refractivity contribution is 5.79. The number of amides is 1. The summed E-state index contributed by atoms with van der Waals surface area (Å²) in [4.78, 5) is 10.6. The lowest BCUT2D eigenvalue weighted by molar-refractivity contribution is -0.125. The fraction of sp³-hybridized carbons (Fsp3) is 0.200. The molecule has 0 bridgehead atoms. The van der Waals surface area contributed by atoms with Crippen molar-refractivity contribution in [2.45, 2.75) is 6.10 Å². The minimum Gasteiger partial charge on any atom is -0.399 e. The maximum Gasteiger partial charge on any atom is 0.248 e. The van der Waals surface area contributed by atoms with Gasteiger partial charge in [-0.3, -0.25) is 4.79 Å². The summed E-state index contributed by atoms with van der Waals surface area (Å²) < 4.78 is 0. The summed E-state index contributed by atoms with van der Waals surface area (Å²) in [5.41, 5.74) is 11.7. The van der Waals surface area contributed by atoms with Gasteiger partial charge in [0, 0.05) is 12.2 Å². The van der Waals surface area contributed by atoms with Crippen LogP contribution in [0.15, 0.2) is 18.2 Å². The molecule has 0 spiro atoms. The fourth-order valence-electron chi connectivity index (χ4n) is 1.12. The van der Waals surface area contributed by atoms with Crippen LogP contribution in [0, 0.1) is 11.3 Å². The van der Waals surface area contributed by atoms with Gasteiger partial charge in [0.25, 0.3) is 0 Å². The van der Waals surface area contributed by atoms with Crippen molar-refractivity contribution >= 4 is 17.3 Å². The first-order chi connectivity index (χ1) is 7.54. The first kappa shape index (κ1) is 11.8. The number of aliphatic hydroxyl groups excluding tert-OH is 1. The number of rotatable bonds is 4. The van der Waals surface area contributed by atoms with Crippen molar-refractivity contribution in [2.75, 3.05) is 17.6 Å². The first-order valence-electron chi connectivity index (χ1n) is 4.55. The summed E-state index contributed by atoms with van der Waals surface area (Å²) in [6.07, 6.45) is -1.29. The van der Waals surface area contributed by atoms with Crippen molar-refractivity contribution in [1.82, 2.24) is 0 Å². The van der Waals surface area contributed by atoms with E-state index in [9.17, 15) is 4.79 Å². The SMILES string of the molecule is N#Cc1cc(N)ccc1NCC(O)C(N)=O. The van der Waals surface area contributed by atoms with E-state index >= 15 is 0 Å². The molecule has 1 unspecified atom stereocenters. The largest absolute Gasteiger partial charge is 0.399 e. The van der Waals surface area contributed by atoms with Gasteiger partial charge >= 0.3 is 0 Å². The number of aliphatic hydroxyl groups is 1. The van der Waals surface area contributed by atoms with E-state index in [4.69, 9.17) is 21.8 Å². The van der Waals surface area contributed by atoms with E-state index < -0.39 is 12.0 Å². The Hall–Kier alpha value is -2.26. The lowest BCUT2D eigenvalue weighted by Crippen LogP contribution is -2.34. The molecule has 6 heteroatoms. The molecule has 1 rings (SSSR count). The van der Waals surface area contributed by atoms with Gasteiger partial charge in [0.15, 0.2) is 0 Å². The Kier molecular flexibility index (Phi) is 3.69. The number of carbonyl (C=O) groups is 1. The summed E-state index contributed by atoms with van der Waals surface area (Å²) in [5.74, 6) is -0.818. The molecule has 0 aliphatic carbocycles. The van der Waals surface area contributed by atoms with E-state index in [1.807, 2.05) is 6.07 Å². The van der Waals surface area contributed by atoms with E-state index in [0.29, 0.717) is 16.9 Å². The Morgan fingerprint density at radius 2 is 2.31 bits per heavy atom. The van der Waals surface area contributed by atoms with Gasteiger partial charge in [-0.2, -0.15) is 5.26 Å². The molecule has 0 aliphatic heterocycles. The molecule has 1 atom stereocenters. The average molecular weight is 220 g/mol. The second-order valence-corrected chi connectivity index (χ2v) is 3.22. The van der Waals surface area contributed by atoms with Crippen LogP contribution in [0.2, 0.25) is 0 Å². The maximum absolute atomic E-state index is 10.6. The molecule has 16 heavy (non-hydrogen) atoms. The quantitative estimate of drug-likeness (QED) is 0.504. The molecule has 6 N–H and O–H groups in total. The minimum atomic E-state index is -1.29. The van der Waals surface area contributed by atoms with Crippen LogP contribution in [-0.2, 0) is 4.79 Å². The highest BCUT2D eigenvalue weighted by atomic mass is 16.3. The molecule has 0 fully saturated rings. The number of primary amides is 1. The van der Waals surface area contributed by atoms with Crippen molar-refractivity contribution in [3.05, 3.63) is 23.8 Å². The van der Waals surface area contributed by atoms with Crippen LogP contribution < -0.4 is 16.8 Å². The standard InChI is InChI=1S/C10H12N4O2/c11-4-6-3-7(12)1-2-8(6)14-5-9(15)10(13)16/h1-3,9,14-15H,5,12H2,(H2,13,16). The van der Waals surface area contributed by atoms with E-state index in [0.717, 1.165) is 0 Å². The maximum atomic E-state index is 10.6. The molecule has 0 heterocycles. The van der Waals surface area contributed by atoms with Crippen molar-refractivity contribution in [3.63, 3.8) is 0 Å². The lowest BCUT2D eigenvalue weighted by Gasteiger charge is -2.11. The number of benzene rings is 1. The normalized spacial score (nSPS) is 11.5. The fourth-order valence-corrected chi connectivity index (χ4v) is 1.12. The van der Waals surface area contributed by atoms with Gasteiger partial charge in [0.2, 0.25) is 5.91 Å². The average Bonchev–Trinajstić information content (AvgIpc) is 2.26. The highest BCUT2D eigenvalue weighted by Crippen LogP contribution is 2.17. The number of nitrogens with two attached hydrogens (primary N) is 2. The molecule has 6 nitrogen and oxygen atoms in total. The number of nitrogens with one attached hydrogen (secondary N) is 1. The van der Waals surface area contributed by atoms with Crippen molar-refractivity contribution in [1.29, 1.82) is 5.26 Å². The summed E-state index contributed by atoms with van der Waals surface area (Å²) in [6.45, 7) is -0.0477. The number of nitrogens with zero attached hydrogens (tertiary/aromatic N) is 1. The molecule has 0 saturated heterocycles. The van der Waals surface area contributed by atoms with Crippen LogP contribution in [0.5, 0.6) is 0 Å². The van der Waals surface area contributed by atoms with E-state index in [-0.39, 0.29) is 6.54 Å². The molecule has 0 aromatic heterocycles. The number of nitriles is 1. The van der Waals surface area contributed by atoms with E-state index in [1.54, 1.807) is 12.1 Å². The van der Waals surface area contributed by atoms with Crippen molar-refractivity contribution in [3.8, 4) is 6.07 Å². The molecular formula is C10H12N4O2. The molecule has 0 radical (unpaired) electrons. The van der Waals surface area contributed by atoms with Gasteiger partial charge in [-0.05, 0) is 18.2 Å². The third-order valence-electron chi connectivity index (χ3n) is 1.98. The van der Waals surface area contributed by atoms with Crippen molar-refractivity contribution in [2.24, 2.45) is 5.73 Å². The third-order valence-corrected chi connectivity index (χ3v) is 1.98. The number of carbonyl (C=O) groups excluding carboxylic acids is 1. The van der Waals surface area contributed by atoms with Gasteiger partial charge in [-0.25, -0.2) is 0 Å². The summed E-state index contributed by atoms with van der Waals surface area (Å²) in [6, 6.07) is 6.66. The number of anilines is 2. The second kappa shape index (κ2) is 5.00. The lowest BCUT2D eigenvalue weighted by atomic mass is 10.1. The zero-order chi connectivity index (χ0) is 12.1. The predicted octanol–water partition coefficient (Wildman–Crippen LogP) is -0.601. The number of hydrogen-bond donors (Lipinski definition) is 4. The molecule has 1 aromatic carbocycles. The van der Waals surface area contributed by atoms with E-state index in [2.05, 4.69) is 5.32 Å². The number of hydrogen-bond acceptors (Lipinski definition) is 5. The minimum absolute atomic E-state index is 0.0477. The van der Waals surface area contributed by atoms with Gasteiger partial charge in [-0.1, -0.05) is 0 Å². The summed E-state index contributed by atoms with van der Waals surface area (Å²) in [7, 11) is 0. The Labute approximate surface area is 92.5 Å². The predicted molar refractivity (Wildman–Crippen MR) is 59.3 cm³/mol. The summed E-state index contributed by atoms with van der Waals surface area (Å²) >= 11 is 0. The van der Waals surface area contributed by atoms with Crippen LogP contribution >= 0.6 is 0 Å². The van der Waals surface area contributed by atoms with E-state index in [1.165, 1.54) is 6.07 Å². The smallest absolute Gasteiger partial charge is 0.248 e. The third kappa shape index (κ3) is 2.87. The zero-order valence-corrected chi connectivity index (χ0v) is 8.47. The number of nitrogen functional groups attached to an aromatic ring is 1. The molecule has 1 amide bonds. The second-order valence-electron chi connectivity index (χ2n) is 3.22. The molecule has 84 valence electrons. The Bertz CT molecular complexity index is 439. The van der Waals surface area contributed by atoms with Gasteiger partial charge in [0.05, 0.1) is 11.3 Å². The van der Waals surface area contributed by atoms with Gasteiger partial charge in [0.1, 0.15) is 12.2 Å². The van der Waals surface area contributed by atoms with Gasteiger partial charge < -0.3 is 21.9 Å². The monoisotopic (exact) mass is 220 g/mol. The Morgan fingerprint density at radius 3 is 2.88 bits per heavy atom. The zero-order valence-electron chi connectivity index (χ0n) is 8.47. The van der Waals surface area contributed by atoms with Gasteiger partial charge in [-0.15, -0.1) is 0 Å². The van der Waals surface area contributed by atoms with Crippen LogP contribution in [0.3, 0.4) is 0 Å². The molecule has 0 aliphatic rings. The van der Waals surface area contributed by atoms with Crippen LogP contribution in [0.1, 0.15) is 5.56 Å². The van der Waals surface area contributed by atoms with Crippen LogP contribution in [-0.4, -0.2) is 23.7 Å². The molecule has 0 saturated carbocycles. The topological polar surface area (TPSA) is 125 Å².